The summed E-state index contributed by atoms with van der Waals surface area (Å²) in [5.41, 5.74) is 4.36. The number of rotatable bonds is 5. The van der Waals surface area contributed by atoms with E-state index in [0.717, 1.165) is 40.6 Å². The van der Waals surface area contributed by atoms with E-state index in [4.69, 9.17) is 19.2 Å². The summed E-state index contributed by atoms with van der Waals surface area (Å²) in [5.74, 6) is 2.32. The largest absolute Gasteiger partial charge is 0.497 e. The average Bonchev–Trinajstić information content (AvgIpc) is 2.98. The van der Waals surface area contributed by atoms with Gasteiger partial charge in [-0.1, -0.05) is 18.2 Å². The fourth-order valence-electron chi connectivity index (χ4n) is 3.42. The normalized spacial score (nSPS) is 15.7. The molecule has 0 saturated heterocycles. The van der Waals surface area contributed by atoms with Crippen molar-refractivity contribution in [2.45, 2.75) is 16.6 Å². The Morgan fingerprint density at radius 1 is 0.828 bits per heavy atom. The Bertz CT molecular complexity index is 1030. The second kappa shape index (κ2) is 8.62. The second-order valence-corrected chi connectivity index (χ2v) is 7.92. The van der Waals surface area contributed by atoms with Crippen molar-refractivity contribution in [1.82, 2.24) is 0 Å². The molecule has 148 valence electrons. The van der Waals surface area contributed by atoms with E-state index in [-0.39, 0.29) is 5.25 Å². The summed E-state index contributed by atoms with van der Waals surface area (Å²) >= 11 is 1.83. The van der Waals surface area contributed by atoms with E-state index in [2.05, 4.69) is 42.5 Å². The third kappa shape index (κ3) is 4.10. The highest BCUT2D eigenvalue weighted by Gasteiger charge is 2.23. The summed E-state index contributed by atoms with van der Waals surface area (Å²) < 4.78 is 16.2. The van der Waals surface area contributed by atoms with Crippen molar-refractivity contribution in [2.75, 3.05) is 21.3 Å². The first-order valence-corrected chi connectivity index (χ1v) is 10.3. The molecular formula is C24H23NO3S. The molecule has 0 amide bonds. The van der Waals surface area contributed by atoms with E-state index < -0.39 is 0 Å². The van der Waals surface area contributed by atoms with Gasteiger partial charge in [-0.3, -0.25) is 4.99 Å². The molecule has 0 aliphatic carbocycles. The van der Waals surface area contributed by atoms with Crippen LogP contribution in [0.2, 0.25) is 0 Å². The van der Waals surface area contributed by atoms with Crippen LogP contribution in [-0.2, 0) is 0 Å². The van der Waals surface area contributed by atoms with Crippen LogP contribution in [0.3, 0.4) is 0 Å². The summed E-state index contributed by atoms with van der Waals surface area (Å²) in [6.45, 7) is 0. The molecule has 0 saturated carbocycles. The number of aliphatic imine (C=N–C) groups is 1. The monoisotopic (exact) mass is 405 g/mol. The molecular weight excluding hydrogens is 382 g/mol. The Labute approximate surface area is 175 Å². The zero-order valence-corrected chi connectivity index (χ0v) is 17.5. The van der Waals surface area contributed by atoms with E-state index in [1.54, 1.807) is 21.3 Å². The van der Waals surface area contributed by atoms with Crippen molar-refractivity contribution in [3.63, 3.8) is 0 Å². The van der Waals surface area contributed by atoms with E-state index in [9.17, 15) is 0 Å². The van der Waals surface area contributed by atoms with Crippen LogP contribution < -0.4 is 14.2 Å². The molecule has 1 aliphatic heterocycles. The quantitative estimate of drug-likeness (QED) is 0.516. The van der Waals surface area contributed by atoms with Gasteiger partial charge >= 0.3 is 0 Å². The molecule has 29 heavy (non-hydrogen) atoms. The molecule has 1 heterocycles. The molecule has 4 rings (SSSR count). The molecule has 0 bridgehead atoms. The van der Waals surface area contributed by atoms with Crippen LogP contribution in [0.25, 0.3) is 0 Å². The molecule has 1 aliphatic rings. The fraction of sp³-hybridized carbons (Fsp3) is 0.208. The van der Waals surface area contributed by atoms with Crippen LogP contribution in [0.5, 0.6) is 17.2 Å². The highest BCUT2D eigenvalue weighted by atomic mass is 32.2. The van der Waals surface area contributed by atoms with Crippen molar-refractivity contribution in [2.24, 2.45) is 4.99 Å². The van der Waals surface area contributed by atoms with E-state index in [1.807, 2.05) is 36.0 Å². The number of thioether (sulfide) groups is 1. The van der Waals surface area contributed by atoms with E-state index in [0.29, 0.717) is 0 Å². The summed E-state index contributed by atoms with van der Waals surface area (Å²) in [5, 5.41) is 0.208. The standard InChI is InChI=1S/C24H23NO3S/c1-26-18-11-8-16(9-12-18)20-15-24(29-23-7-5-4-6-19(23)25-20)17-10-13-21(27-2)22(14-17)28-3/h4-14,24H,15H2,1-3H3/t24-/m1/s1. The first kappa shape index (κ1) is 19.4. The third-order valence-corrected chi connectivity index (χ3v) is 6.29. The van der Waals surface area contributed by atoms with Gasteiger partial charge in [0, 0.05) is 22.3 Å². The van der Waals surface area contributed by atoms with E-state index >= 15 is 0 Å². The van der Waals surface area contributed by atoms with Gasteiger partial charge in [0.1, 0.15) is 5.75 Å². The summed E-state index contributed by atoms with van der Waals surface area (Å²) in [6, 6.07) is 22.5. The SMILES string of the molecule is COc1ccc(C2=Nc3ccccc3S[C@@H](c3ccc(OC)c(OC)c3)C2)cc1. The lowest BCUT2D eigenvalue weighted by atomic mass is 10.0. The summed E-state index contributed by atoms with van der Waals surface area (Å²) in [7, 11) is 5.00. The molecule has 0 fully saturated rings. The molecule has 0 radical (unpaired) electrons. The van der Waals surface area contributed by atoms with Gasteiger partial charge in [0.2, 0.25) is 0 Å². The number of methoxy groups -OCH3 is 3. The van der Waals surface area contributed by atoms with Gasteiger partial charge in [0.25, 0.3) is 0 Å². The number of ether oxygens (including phenoxy) is 3. The molecule has 3 aromatic carbocycles. The van der Waals surface area contributed by atoms with Gasteiger partial charge in [-0.2, -0.15) is 0 Å². The van der Waals surface area contributed by atoms with Crippen LogP contribution >= 0.6 is 11.8 Å². The second-order valence-electron chi connectivity index (χ2n) is 6.68. The Morgan fingerprint density at radius 3 is 2.31 bits per heavy atom. The maximum absolute atomic E-state index is 5.53. The Kier molecular flexibility index (Phi) is 5.76. The third-order valence-electron chi connectivity index (χ3n) is 4.97. The summed E-state index contributed by atoms with van der Waals surface area (Å²) in [4.78, 5) is 6.19. The van der Waals surface area contributed by atoms with E-state index in [1.165, 1.54) is 10.5 Å². The van der Waals surface area contributed by atoms with Crippen molar-refractivity contribution in [3.05, 3.63) is 77.9 Å². The number of fused-ring (bicyclic) bond motifs is 1. The average molecular weight is 406 g/mol. The summed E-state index contributed by atoms with van der Waals surface area (Å²) in [6.07, 6.45) is 0.807. The number of nitrogens with zero attached hydrogens (tertiary/aromatic N) is 1. The smallest absolute Gasteiger partial charge is 0.161 e. The van der Waals surface area contributed by atoms with Crippen LogP contribution in [0.15, 0.2) is 76.6 Å². The lowest BCUT2D eigenvalue weighted by molar-refractivity contribution is 0.354. The lowest BCUT2D eigenvalue weighted by Crippen LogP contribution is -2.06. The predicted octanol–water partition coefficient (Wildman–Crippen LogP) is 6.07. The Balaban J connectivity index is 1.76. The minimum Gasteiger partial charge on any atom is -0.497 e. The highest BCUT2D eigenvalue weighted by molar-refractivity contribution is 7.99. The molecule has 0 unspecified atom stereocenters. The zero-order chi connectivity index (χ0) is 20.2. The molecule has 0 spiro atoms. The topological polar surface area (TPSA) is 40.0 Å². The Hall–Kier alpha value is -2.92. The van der Waals surface area contributed by atoms with Crippen LogP contribution in [-0.4, -0.2) is 27.0 Å². The minimum absolute atomic E-state index is 0.208. The maximum Gasteiger partial charge on any atom is 0.161 e. The molecule has 4 nitrogen and oxygen atoms in total. The first-order chi connectivity index (χ1) is 14.2. The Morgan fingerprint density at radius 2 is 1.59 bits per heavy atom. The maximum atomic E-state index is 5.53. The van der Waals surface area contributed by atoms with Crippen molar-refractivity contribution in [3.8, 4) is 17.2 Å². The number of hydrogen-bond donors (Lipinski definition) is 0. The number of para-hydroxylation sites is 1. The zero-order valence-electron chi connectivity index (χ0n) is 16.7. The van der Waals surface area contributed by atoms with Gasteiger partial charge < -0.3 is 14.2 Å². The van der Waals surface area contributed by atoms with Gasteiger partial charge in [-0.15, -0.1) is 11.8 Å². The van der Waals surface area contributed by atoms with Gasteiger partial charge in [-0.05, 0) is 59.7 Å². The lowest BCUT2D eigenvalue weighted by Gasteiger charge is -2.18. The van der Waals surface area contributed by atoms with Crippen LogP contribution in [0, 0.1) is 0 Å². The van der Waals surface area contributed by atoms with Crippen molar-refractivity contribution in [1.29, 1.82) is 0 Å². The highest BCUT2D eigenvalue weighted by Crippen LogP contribution is 2.46. The molecule has 3 aromatic rings. The fourth-order valence-corrected chi connectivity index (χ4v) is 4.64. The predicted molar refractivity (Wildman–Crippen MR) is 118 cm³/mol. The van der Waals surface area contributed by atoms with Gasteiger partial charge in [0.15, 0.2) is 11.5 Å². The van der Waals surface area contributed by atoms with Crippen molar-refractivity contribution < 1.29 is 14.2 Å². The molecule has 5 heteroatoms. The van der Waals surface area contributed by atoms with Crippen molar-refractivity contribution >= 4 is 23.2 Å². The number of benzene rings is 3. The molecule has 0 aromatic heterocycles. The van der Waals surface area contributed by atoms with Gasteiger partial charge in [0.05, 0.1) is 27.0 Å². The van der Waals surface area contributed by atoms with Crippen LogP contribution in [0.1, 0.15) is 22.8 Å². The number of hydrogen-bond acceptors (Lipinski definition) is 5. The first-order valence-electron chi connectivity index (χ1n) is 9.41. The van der Waals surface area contributed by atoms with Crippen LogP contribution in [0.4, 0.5) is 5.69 Å². The minimum atomic E-state index is 0.208. The molecule has 0 N–H and O–H groups in total. The van der Waals surface area contributed by atoms with Gasteiger partial charge in [-0.25, -0.2) is 0 Å². The molecule has 1 atom stereocenters.